The highest BCUT2D eigenvalue weighted by Crippen LogP contribution is 2.02. The van der Waals surface area contributed by atoms with Crippen molar-refractivity contribution in [2.24, 2.45) is 0 Å². The van der Waals surface area contributed by atoms with Gasteiger partial charge in [0, 0.05) is 12.6 Å². The maximum atomic E-state index is 5.84. The highest BCUT2D eigenvalue weighted by molar-refractivity contribution is 6.26. The fourth-order valence-corrected chi connectivity index (χ4v) is 4.12. The average Bonchev–Trinajstić information content (AvgIpc) is 2.63. The normalized spacial score (nSPS) is 13.5. The molecule has 0 amide bonds. The second kappa shape index (κ2) is 19.8. The Hall–Kier alpha value is 0.0569. The first-order chi connectivity index (χ1) is 12.6. The average molecular weight is 388 g/mol. The molecule has 0 aliphatic carbocycles. The SMILES string of the molecule is CCCCO[SiH2]CCCN(CCCNC(C)CC)CCCN(C)CCC. The van der Waals surface area contributed by atoms with Gasteiger partial charge in [-0.15, -0.1) is 0 Å². The Bertz CT molecular complexity index is 282. The van der Waals surface area contributed by atoms with E-state index in [-0.39, 0.29) is 9.76 Å². The van der Waals surface area contributed by atoms with E-state index in [2.05, 4.69) is 49.9 Å². The van der Waals surface area contributed by atoms with E-state index < -0.39 is 0 Å². The second-order valence-corrected chi connectivity index (χ2v) is 9.31. The van der Waals surface area contributed by atoms with Crippen molar-refractivity contribution in [1.29, 1.82) is 0 Å². The van der Waals surface area contributed by atoms with E-state index >= 15 is 0 Å². The highest BCUT2D eigenvalue weighted by atomic mass is 28.2. The molecule has 0 saturated heterocycles. The van der Waals surface area contributed by atoms with Gasteiger partial charge in [-0.2, -0.15) is 0 Å². The predicted octanol–water partition coefficient (Wildman–Crippen LogP) is 3.51. The Morgan fingerprint density at radius 3 is 2.31 bits per heavy atom. The molecule has 0 bridgehead atoms. The van der Waals surface area contributed by atoms with Gasteiger partial charge in [0.05, 0.1) is 0 Å². The van der Waals surface area contributed by atoms with Crippen LogP contribution in [0.1, 0.15) is 72.6 Å². The molecule has 26 heavy (non-hydrogen) atoms. The zero-order chi connectivity index (χ0) is 19.5. The molecule has 1 N–H and O–H groups in total. The molecule has 0 aliphatic heterocycles. The summed E-state index contributed by atoms with van der Waals surface area (Å²) in [7, 11) is 1.98. The number of hydrogen-bond donors (Lipinski definition) is 1. The topological polar surface area (TPSA) is 27.7 Å². The van der Waals surface area contributed by atoms with E-state index in [1.165, 1.54) is 83.7 Å². The molecule has 1 unspecified atom stereocenters. The van der Waals surface area contributed by atoms with Gasteiger partial charge in [0.1, 0.15) is 0 Å². The Morgan fingerprint density at radius 1 is 0.885 bits per heavy atom. The number of nitrogens with zero attached hydrogens (tertiary/aromatic N) is 2. The maximum absolute atomic E-state index is 5.84. The summed E-state index contributed by atoms with van der Waals surface area (Å²) < 4.78 is 5.84. The first kappa shape index (κ1) is 26.1. The quantitative estimate of drug-likeness (QED) is 0.256. The van der Waals surface area contributed by atoms with Crippen molar-refractivity contribution in [1.82, 2.24) is 15.1 Å². The third kappa shape index (κ3) is 17.5. The van der Waals surface area contributed by atoms with Crippen LogP contribution in [-0.2, 0) is 4.43 Å². The molecule has 0 aliphatic rings. The summed E-state index contributed by atoms with van der Waals surface area (Å²) in [5.74, 6) is 0. The zero-order valence-electron chi connectivity index (χ0n) is 18.7. The number of rotatable bonds is 20. The summed E-state index contributed by atoms with van der Waals surface area (Å²) in [5, 5.41) is 3.63. The van der Waals surface area contributed by atoms with Crippen LogP contribution in [0.25, 0.3) is 0 Å². The Balaban J connectivity index is 3.94. The maximum Gasteiger partial charge on any atom is 0.161 e. The number of hydrogen-bond acceptors (Lipinski definition) is 4. The predicted molar refractivity (Wildman–Crippen MR) is 120 cm³/mol. The molecule has 0 spiro atoms. The van der Waals surface area contributed by atoms with Gasteiger partial charge in [0.15, 0.2) is 9.76 Å². The minimum absolute atomic E-state index is 0.276. The summed E-state index contributed by atoms with van der Waals surface area (Å²) in [5.41, 5.74) is 0. The second-order valence-electron chi connectivity index (χ2n) is 7.79. The number of nitrogens with one attached hydrogen (secondary N) is 1. The van der Waals surface area contributed by atoms with Crippen LogP contribution in [0.15, 0.2) is 0 Å². The standard InChI is InChI=1S/C21H49N3OSi/c1-6-9-19-25-26-20-12-18-24(16-10-13-22-21(4)8-3)17-11-15-23(5)14-7-2/h21-22H,6-20,26H2,1-5H3. The molecule has 158 valence electrons. The van der Waals surface area contributed by atoms with Crippen LogP contribution in [0.4, 0.5) is 0 Å². The minimum Gasteiger partial charge on any atom is -0.424 e. The molecule has 0 aromatic carbocycles. The lowest BCUT2D eigenvalue weighted by Gasteiger charge is -2.24. The van der Waals surface area contributed by atoms with Gasteiger partial charge in [0.25, 0.3) is 0 Å². The summed E-state index contributed by atoms with van der Waals surface area (Å²) in [4.78, 5) is 5.16. The molecular weight excluding hydrogens is 338 g/mol. The summed E-state index contributed by atoms with van der Waals surface area (Å²) in [6.07, 6.45) is 8.83. The zero-order valence-corrected chi connectivity index (χ0v) is 20.1. The van der Waals surface area contributed by atoms with Crippen molar-refractivity contribution in [2.45, 2.75) is 84.7 Å². The van der Waals surface area contributed by atoms with Crippen molar-refractivity contribution >= 4 is 9.76 Å². The van der Waals surface area contributed by atoms with Crippen molar-refractivity contribution in [3.8, 4) is 0 Å². The fourth-order valence-electron chi connectivity index (χ4n) is 3.08. The Kier molecular flexibility index (Phi) is 19.9. The summed E-state index contributed by atoms with van der Waals surface area (Å²) in [6.45, 7) is 17.4. The summed E-state index contributed by atoms with van der Waals surface area (Å²) in [6, 6.07) is 1.98. The van der Waals surface area contributed by atoms with Crippen LogP contribution < -0.4 is 5.32 Å². The Morgan fingerprint density at radius 2 is 1.62 bits per heavy atom. The van der Waals surface area contributed by atoms with Crippen LogP contribution in [0.3, 0.4) is 0 Å². The van der Waals surface area contributed by atoms with E-state index in [9.17, 15) is 0 Å². The van der Waals surface area contributed by atoms with Gasteiger partial charge in [0.2, 0.25) is 0 Å². The molecule has 4 nitrogen and oxygen atoms in total. The van der Waals surface area contributed by atoms with E-state index in [4.69, 9.17) is 4.43 Å². The van der Waals surface area contributed by atoms with Gasteiger partial charge >= 0.3 is 0 Å². The van der Waals surface area contributed by atoms with Crippen LogP contribution >= 0.6 is 0 Å². The molecule has 1 atom stereocenters. The molecule has 0 radical (unpaired) electrons. The van der Waals surface area contributed by atoms with Gasteiger partial charge in [-0.1, -0.05) is 27.2 Å². The minimum atomic E-state index is -0.276. The van der Waals surface area contributed by atoms with Crippen molar-refractivity contribution in [3.05, 3.63) is 0 Å². The summed E-state index contributed by atoms with van der Waals surface area (Å²) >= 11 is 0. The number of unbranched alkanes of at least 4 members (excludes halogenated alkanes) is 1. The molecule has 0 aromatic rings. The van der Waals surface area contributed by atoms with Crippen LogP contribution in [-0.4, -0.2) is 78.5 Å². The lowest BCUT2D eigenvalue weighted by molar-refractivity contribution is 0.240. The van der Waals surface area contributed by atoms with Crippen molar-refractivity contribution in [3.63, 3.8) is 0 Å². The van der Waals surface area contributed by atoms with Crippen LogP contribution in [0.5, 0.6) is 0 Å². The third-order valence-corrected chi connectivity index (χ3v) is 6.40. The van der Waals surface area contributed by atoms with Crippen LogP contribution in [0, 0.1) is 0 Å². The molecule has 0 aromatic heterocycles. The first-order valence-electron chi connectivity index (χ1n) is 11.4. The monoisotopic (exact) mass is 387 g/mol. The largest absolute Gasteiger partial charge is 0.424 e. The van der Waals surface area contributed by atoms with Gasteiger partial charge in [-0.05, 0) is 97.8 Å². The lowest BCUT2D eigenvalue weighted by atomic mass is 10.2. The van der Waals surface area contributed by atoms with Crippen molar-refractivity contribution < 1.29 is 4.43 Å². The molecule has 0 heterocycles. The van der Waals surface area contributed by atoms with E-state index in [1.54, 1.807) is 0 Å². The van der Waals surface area contributed by atoms with Crippen molar-refractivity contribution in [2.75, 3.05) is 52.9 Å². The lowest BCUT2D eigenvalue weighted by Crippen LogP contribution is -2.33. The van der Waals surface area contributed by atoms with E-state index in [0.29, 0.717) is 6.04 Å². The van der Waals surface area contributed by atoms with Gasteiger partial charge in [-0.25, -0.2) is 0 Å². The van der Waals surface area contributed by atoms with E-state index in [1.807, 2.05) is 0 Å². The molecule has 5 heteroatoms. The van der Waals surface area contributed by atoms with Gasteiger partial charge < -0.3 is 19.5 Å². The van der Waals surface area contributed by atoms with Gasteiger partial charge in [-0.3, -0.25) is 0 Å². The fraction of sp³-hybridized carbons (Fsp3) is 1.00. The van der Waals surface area contributed by atoms with Crippen LogP contribution in [0.2, 0.25) is 6.04 Å². The Labute approximate surface area is 167 Å². The highest BCUT2D eigenvalue weighted by Gasteiger charge is 2.06. The van der Waals surface area contributed by atoms with E-state index in [0.717, 1.165) is 13.2 Å². The first-order valence-corrected chi connectivity index (χ1v) is 12.9. The molecule has 0 saturated carbocycles. The molecule has 0 fully saturated rings. The third-order valence-electron chi connectivity index (χ3n) is 5.03. The molecular formula is C21H49N3OSi. The smallest absolute Gasteiger partial charge is 0.161 e. The molecule has 0 rings (SSSR count).